The molecule has 9 heteroatoms. The summed E-state index contributed by atoms with van der Waals surface area (Å²) in [6.07, 6.45) is 1.57. The molecule has 2 aromatic carbocycles. The molecule has 0 spiro atoms. The molecule has 0 bridgehead atoms. The average Bonchev–Trinajstić information content (AvgIpc) is 3.14. The maximum atomic E-state index is 14.7. The van der Waals surface area contributed by atoms with E-state index in [1.807, 2.05) is 30.3 Å². The van der Waals surface area contributed by atoms with Gasteiger partial charge in [-0.3, -0.25) is 0 Å². The Hall–Kier alpha value is -3.30. The summed E-state index contributed by atoms with van der Waals surface area (Å²) in [5, 5.41) is 18.9. The molecule has 2 N–H and O–H groups in total. The Labute approximate surface area is 203 Å². The molecule has 0 radical (unpaired) electrons. The number of ether oxygens (including phenoxy) is 1. The van der Waals surface area contributed by atoms with Crippen molar-refractivity contribution in [3.05, 3.63) is 83.9 Å². The van der Waals surface area contributed by atoms with Gasteiger partial charge in [0, 0.05) is 31.8 Å². The minimum Gasteiger partial charge on any atom is -0.480 e. The molecule has 2 aromatic rings. The van der Waals surface area contributed by atoms with Crippen molar-refractivity contribution in [2.24, 2.45) is 0 Å². The van der Waals surface area contributed by atoms with E-state index in [1.165, 1.54) is 30.3 Å². The summed E-state index contributed by atoms with van der Waals surface area (Å²) in [5.41, 5.74) is 0.659. The standard InChI is InChI=1S/C26H30F2N2O5/c27-26(28,21-11-5-2-6-12-21)23(31)14-13-22-18-29(17-20-9-3-1-4-10-20)25(34)30(22)15-7-8-16-35-19-24(32)33/h1-6,9-14,22-23,31H,7-8,15-19H2,(H,32,33). The van der Waals surface area contributed by atoms with E-state index < -0.39 is 24.0 Å². The lowest BCUT2D eigenvalue weighted by molar-refractivity contribution is -0.142. The molecule has 1 aliphatic rings. The van der Waals surface area contributed by atoms with Gasteiger partial charge >= 0.3 is 17.9 Å². The molecule has 35 heavy (non-hydrogen) atoms. The number of carboxylic acid groups (broad SMARTS) is 1. The van der Waals surface area contributed by atoms with E-state index in [9.17, 15) is 23.5 Å². The minimum absolute atomic E-state index is 0.223. The van der Waals surface area contributed by atoms with Gasteiger partial charge in [-0.05, 0) is 18.4 Å². The van der Waals surface area contributed by atoms with Crippen molar-refractivity contribution < 1.29 is 33.3 Å². The number of carbonyl (C=O) groups is 2. The summed E-state index contributed by atoms with van der Waals surface area (Å²) in [6, 6.07) is 15.9. The number of aliphatic hydroxyl groups is 1. The third-order valence-electron chi connectivity index (χ3n) is 5.75. The summed E-state index contributed by atoms with van der Waals surface area (Å²) in [4.78, 5) is 26.9. The van der Waals surface area contributed by atoms with Crippen LogP contribution in [0.15, 0.2) is 72.8 Å². The lowest BCUT2D eigenvalue weighted by Gasteiger charge is -2.23. The third-order valence-corrected chi connectivity index (χ3v) is 5.75. The van der Waals surface area contributed by atoms with Crippen molar-refractivity contribution in [1.29, 1.82) is 0 Å². The average molecular weight is 489 g/mol. The van der Waals surface area contributed by atoms with Gasteiger partial charge in [0.15, 0.2) is 0 Å². The zero-order chi connectivity index (χ0) is 25.3. The minimum atomic E-state index is -3.48. The maximum absolute atomic E-state index is 14.7. The second kappa shape index (κ2) is 12.4. The maximum Gasteiger partial charge on any atom is 0.329 e. The van der Waals surface area contributed by atoms with Gasteiger partial charge in [0.05, 0.1) is 6.04 Å². The van der Waals surface area contributed by atoms with E-state index in [1.54, 1.807) is 15.9 Å². The molecular weight excluding hydrogens is 458 g/mol. The molecule has 0 aliphatic carbocycles. The molecule has 2 unspecified atom stereocenters. The number of aliphatic hydroxyl groups excluding tert-OH is 1. The predicted octanol–water partition coefficient (Wildman–Crippen LogP) is 3.88. The van der Waals surface area contributed by atoms with Crippen LogP contribution < -0.4 is 0 Å². The van der Waals surface area contributed by atoms with E-state index in [0.29, 0.717) is 32.5 Å². The Morgan fingerprint density at radius 3 is 2.43 bits per heavy atom. The van der Waals surface area contributed by atoms with Gasteiger partial charge in [0.2, 0.25) is 0 Å². The number of benzene rings is 2. The molecule has 1 aliphatic heterocycles. The highest BCUT2D eigenvalue weighted by molar-refractivity contribution is 5.77. The molecule has 188 valence electrons. The van der Waals surface area contributed by atoms with Crippen molar-refractivity contribution in [1.82, 2.24) is 9.80 Å². The third kappa shape index (κ3) is 7.34. The highest BCUT2D eigenvalue weighted by Gasteiger charge is 2.40. The van der Waals surface area contributed by atoms with Gasteiger partial charge in [-0.1, -0.05) is 72.8 Å². The Balaban J connectivity index is 1.67. The molecular formula is C26H30F2N2O5. The van der Waals surface area contributed by atoms with Crippen molar-refractivity contribution in [2.75, 3.05) is 26.3 Å². The summed E-state index contributed by atoms with van der Waals surface area (Å²) >= 11 is 0. The topological polar surface area (TPSA) is 90.3 Å². The van der Waals surface area contributed by atoms with Crippen LogP contribution in [0.25, 0.3) is 0 Å². The number of carbonyl (C=O) groups excluding carboxylic acids is 1. The van der Waals surface area contributed by atoms with Crippen LogP contribution in [-0.2, 0) is 22.0 Å². The van der Waals surface area contributed by atoms with Gasteiger partial charge in [-0.2, -0.15) is 8.78 Å². The number of nitrogens with zero attached hydrogens (tertiary/aromatic N) is 2. The van der Waals surface area contributed by atoms with E-state index in [-0.39, 0.29) is 24.8 Å². The van der Waals surface area contributed by atoms with Crippen LogP contribution in [0.4, 0.5) is 13.6 Å². The largest absolute Gasteiger partial charge is 0.480 e. The molecule has 0 saturated carbocycles. The van der Waals surface area contributed by atoms with Crippen molar-refractivity contribution in [3.63, 3.8) is 0 Å². The summed E-state index contributed by atoms with van der Waals surface area (Å²) < 4.78 is 34.4. The zero-order valence-corrected chi connectivity index (χ0v) is 19.3. The summed E-state index contributed by atoms with van der Waals surface area (Å²) in [6.45, 7) is 0.881. The van der Waals surface area contributed by atoms with Crippen LogP contribution in [0.1, 0.15) is 24.0 Å². The van der Waals surface area contributed by atoms with Gasteiger partial charge in [-0.25, -0.2) is 9.59 Å². The number of hydrogen-bond acceptors (Lipinski definition) is 4. The second-order valence-electron chi connectivity index (χ2n) is 8.38. The Morgan fingerprint density at radius 2 is 1.77 bits per heavy atom. The number of urea groups is 1. The molecule has 1 heterocycles. The molecule has 2 amide bonds. The summed E-state index contributed by atoms with van der Waals surface area (Å²) in [7, 11) is 0. The normalized spacial score (nSPS) is 17.3. The van der Waals surface area contributed by atoms with Crippen molar-refractivity contribution in [3.8, 4) is 0 Å². The molecule has 1 fully saturated rings. The van der Waals surface area contributed by atoms with Crippen LogP contribution in [0.3, 0.4) is 0 Å². The van der Waals surface area contributed by atoms with Crippen molar-refractivity contribution >= 4 is 12.0 Å². The van der Waals surface area contributed by atoms with Crippen LogP contribution in [0.5, 0.6) is 0 Å². The quantitative estimate of drug-likeness (QED) is 0.330. The second-order valence-corrected chi connectivity index (χ2v) is 8.38. The van der Waals surface area contributed by atoms with E-state index >= 15 is 0 Å². The number of carboxylic acids is 1. The first-order chi connectivity index (χ1) is 16.8. The SMILES string of the molecule is O=C(O)COCCCCN1C(=O)N(Cc2ccccc2)CC1C=CC(O)C(F)(F)c1ccccc1. The van der Waals surface area contributed by atoms with Crippen LogP contribution in [-0.4, -0.2) is 70.5 Å². The molecule has 2 atom stereocenters. The van der Waals surface area contributed by atoms with Gasteiger partial charge in [0.25, 0.3) is 0 Å². The Morgan fingerprint density at radius 1 is 1.11 bits per heavy atom. The van der Waals surface area contributed by atoms with E-state index in [4.69, 9.17) is 9.84 Å². The highest BCUT2D eigenvalue weighted by atomic mass is 19.3. The van der Waals surface area contributed by atoms with Gasteiger partial charge in [-0.15, -0.1) is 0 Å². The van der Waals surface area contributed by atoms with Gasteiger partial charge < -0.3 is 24.7 Å². The summed E-state index contributed by atoms with van der Waals surface area (Å²) in [5.74, 6) is -4.52. The Kier molecular flexibility index (Phi) is 9.33. The molecule has 3 rings (SSSR count). The first-order valence-electron chi connectivity index (χ1n) is 11.5. The molecule has 7 nitrogen and oxygen atoms in total. The Bertz CT molecular complexity index is 988. The fourth-order valence-corrected chi connectivity index (χ4v) is 3.92. The number of amides is 2. The number of halogens is 2. The number of aliphatic carboxylic acids is 1. The first kappa shape index (κ1) is 26.3. The number of hydrogen-bond donors (Lipinski definition) is 2. The lowest BCUT2D eigenvalue weighted by Crippen LogP contribution is -2.35. The molecule has 1 saturated heterocycles. The smallest absolute Gasteiger partial charge is 0.329 e. The van der Waals surface area contributed by atoms with Gasteiger partial charge in [0.1, 0.15) is 12.7 Å². The highest BCUT2D eigenvalue weighted by Crippen LogP contribution is 2.32. The lowest BCUT2D eigenvalue weighted by atomic mass is 10.0. The van der Waals surface area contributed by atoms with Crippen LogP contribution in [0, 0.1) is 0 Å². The fraction of sp³-hybridized carbons (Fsp3) is 0.385. The number of alkyl halides is 2. The van der Waals surface area contributed by atoms with Crippen molar-refractivity contribution in [2.45, 2.75) is 37.5 Å². The predicted molar refractivity (Wildman–Crippen MR) is 126 cm³/mol. The molecule has 0 aromatic heterocycles. The van der Waals surface area contributed by atoms with Crippen LogP contribution in [0.2, 0.25) is 0 Å². The number of rotatable bonds is 13. The van der Waals surface area contributed by atoms with Crippen LogP contribution >= 0.6 is 0 Å². The fourth-order valence-electron chi connectivity index (χ4n) is 3.92. The first-order valence-corrected chi connectivity index (χ1v) is 11.5. The van der Waals surface area contributed by atoms with E-state index in [2.05, 4.69) is 0 Å². The zero-order valence-electron chi connectivity index (χ0n) is 19.3. The monoisotopic (exact) mass is 488 g/mol. The van der Waals surface area contributed by atoms with E-state index in [0.717, 1.165) is 11.6 Å². The number of unbranched alkanes of at least 4 members (excludes halogenated alkanes) is 1.